The lowest BCUT2D eigenvalue weighted by Gasteiger charge is -2.06. The van der Waals surface area contributed by atoms with Crippen molar-refractivity contribution in [1.82, 2.24) is 9.38 Å². The van der Waals surface area contributed by atoms with Crippen molar-refractivity contribution in [3.63, 3.8) is 0 Å². The van der Waals surface area contributed by atoms with Crippen molar-refractivity contribution in [3.8, 4) is 11.3 Å². The van der Waals surface area contributed by atoms with E-state index in [0.717, 1.165) is 17.0 Å². The number of nitrogens with zero attached hydrogens (tertiary/aromatic N) is 2. The fourth-order valence-electron chi connectivity index (χ4n) is 2.60. The van der Waals surface area contributed by atoms with Gasteiger partial charge in [0.15, 0.2) is 5.65 Å². The van der Waals surface area contributed by atoms with Gasteiger partial charge in [0.1, 0.15) is 5.15 Å². The molecule has 0 aliphatic carbocycles. The second-order valence-corrected chi connectivity index (χ2v) is 5.52. The van der Waals surface area contributed by atoms with Crippen molar-refractivity contribution in [2.45, 2.75) is 20.8 Å². The van der Waals surface area contributed by atoms with Crippen LogP contribution >= 0.6 is 11.6 Å². The molecule has 0 aliphatic heterocycles. The van der Waals surface area contributed by atoms with Crippen LogP contribution in [0, 0.1) is 20.8 Å². The van der Waals surface area contributed by atoms with E-state index in [9.17, 15) is 0 Å². The van der Waals surface area contributed by atoms with E-state index < -0.39 is 0 Å². The van der Waals surface area contributed by atoms with Crippen LogP contribution in [0.25, 0.3) is 16.9 Å². The van der Waals surface area contributed by atoms with E-state index in [2.05, 4.69) is 37.0 Å². The minimum atomic E-state index is 0.621. The topological polar surface area (TPSA) is 43.3 Å². The molecule has 0 unspecified atom stereocenters. The lowest BCUT2D eigenvalue weighted by atomic mass is 10.0. The Balaban J connectivity index is 2.35. The summed E-state index contributed by atoms with van der Waals surface area (Å²) in [7, 11) is 0. The van der Waals surface area contributed by atoms with Gasteiger partial charge in [0, 0.05) is 11.3 Å². The summed E-state index contributed by atoms with van der Waals surface area (Å²) in [6.45, 7) is 6.19. The molecule has 2 N–H and O–H groups in total. The Kier molecular flexibility index (Phi) is 2.94. The van der Waals surface area contributed by atoms with Crippen LogP contribution in [-0.2, 0) is 0 Å². The lowest BCUT2D eigenvalue weighted by molar-refractivity contribution is 1.11. The molecule has 4 heteroatoms. The summed E-state index contributed by atoms with van der Waals surface area (Å²) >= 11 is 6.27. The van der Waals surface area contributed by atoms with Crippen LogP contribution < -0.4 is 5.73 Å². The van der Waals surface area contributed by atoms with E-state index >= 15 is 0 Å². The van der Waals surface area contributed by atoms with Crippen molar-refractivity contribution in [2.75, 3.05) is 5.73 Å². The number of hydrogen-bond acceptors (Lipinski definition) is 2. The summed E-state index contributed by atoms with van der Waals surface area (Å²) in [5.41, 5.74) is 12.8. The highest BCUT2D eigenvalue weighted by Gasteiger charge is 2.15. The van der Waals surface area contributed by atoms with Gasteiger partial charge >= 0.3 is 0 Å². The summed E-state index contributed by atoms with van der Waals surface area (Å²) in [5.74, 6) is 0. The van der Waals surface area contributed by atoms with Crippen LogP contribution in [0.4, 0.5) is 5.69 Å². The number of aryl methyl sites for hydroxylation is 3. The molecule has 0 bridgehead atoms. The molecule has 1 aromatic carbocycles. The Bertz CT molecular complexity index is 818. The molecular weight excluding hydrogens is 270 g/mol. The molecule has 0 aliphatic rings. The Morgan fingerprint density at radius 3 is 2.50 bits per heavy atom. The zero-order chi connectivity index (χ0) is 14.4. The van der Waals surface area contributed by atoms with E-state index in [1.807, 2.05) is 11.3 Å². The first-order valence-corrected chi connectivity index (χ1v) is 6.87. The van der Waals surface area contributed by atoms with Crippen molar-refractivity contribution in [1.29, 1.82) is 0 Å². The van der Waals surface area contributed by atoms with E-state index in [0.29, 0.717) is 16.5 Å². The Morgan fingerprint density at radius 2 is 1.85 bits per heavy atom. The summed E-state index contributed by atoms with van der Waals surface area (Å²) in [6, 6.07) is 9.93. The quantitative estimate of drug-likeness (QED) is 0.682. The van der Waals surface area contributed by atoms with Crippen LogP contribution in [-0.4, -0.2) is 9.38 Å². The van der Waals surface area contributed by atoms with Crippen molar-refractivity contribution in [2.24, 2.45) is 0 Å². The molecule has 0 saturated heterocycles. The number of halogens is 1. The molecule has 0 radical (unpaired) electrons. The van der Waals surface area contributed by atoms with E-state index in [1.54, 1.807) is 12.1 Å². The fourth-order valence-corrected chi connectivity index (χ4v) is 2.87. The summed E-state index contributed by atoms with van der Waals surface area (Å²) < 4.78 is 1.89. The predicted octanol–water partition coefficient (Wildman–Crippen LogP) is 4.16. The van der Waals surface area contributed by atoms with Crippen LogP contribution in [0.15, 0.2) is 30.3 Å². The first-order valence-electron chi connectivity index (χ1n) is 6.49. The average molecular weight is 286 g/mol. The highest BCUT2D eigenvalue weighted by atomic mass is 35.5. The fraction of sp³-hybridized carbons (Fsp3) is 0.188. The van der Waals surface area contributed by atoms with Gasteiger partial charge in [0.25, 0.3) is 0 Å². The van der Waals surface area contributed by atoms with Gasteiger partial charge in [0.2, 0.25) is 0 Å². The maximum atomic E-state index is 6.27. The van der Waals surface area contributed by atoms with Crippen LogP contribution in [0.2, 0.25) is 5.15 Å². The Morgan fingerprint density at radius 1 is 1.10 bits per heavy atom. The largest absolute Gasteiger partial charge is 0.396 e. The standard InChI is InChI=1S/C16H16ClN3/c1-9-4-5-12(10(2)8-9)15-11(3)20-14(17)7-6-13(18)16(20)19-15/h4-8H,18H2,1-3H3. The molecule has 102 valence electrons. The number of rotatable bonds is 1. The first kappa shape index (κ1) is 13.0. The van der Waals surface area contributed by atoms with Crippen LogP contribution in [0.3, 0.4) is 0 Å². The van der Waals surface area contributed by atoms with Crippen molar-refractivity contribution < 1.29 is 0 Å². The molecule has 2 heterocycles. The number of nitrogen functional groups attached to an aromatic ring is 1. The number of pyridine rings is 1. The number of aromatic nitrogens is 2. The second kappa shape index (κ2) is 4.53. The van der Waals surface area contributed by atoms with E-state index in [-0.39, 0.29) is 0 Å². The van der Waals surface area contributed by atoms with Gasteiger partial charge in [-0.15, -0.1) is 0 Å². The van der Waals surface area contributed by atoms with Gasteiger partial charge in [0.05, 0.1) is 11.4 Å². The molecular formula is C16H16ClN3. The van der Waals surface area contributed by atoms with Gasteiger partial charge < -0.3 is 5.73 Å². The van der Waals surface area contributed by atoms with Gasteiger partial charge in [-0.3, -0.25) is 4.40 Å². The molecule has 0 amide bonds. The number of imidazole rings is 1. The SMILES string of the molecule is Cc1ccc(-c2nc3c(N)ccc(Cl)n3c2C)c(C)c1. The second-order valence-electron chi connectivity index (χ2n) is 5.13. The third-order valence-electron chi connectivity index (χ3n) is 3.62. The monoisotopic (exact) mass is 285 g/mol. The van der Waals surface area contributed by atoms with Crippen molar-refractivity contribution in [3.05, 3.63) is 52.3 Å². The maximum Gasteiger partial charge on any atom is 0.162 e. The smallest absolute Gasteiger partial charge is 0.162 e. The molecule has 3 rings (SSSR count). The average Bonchev–Trinajstić information content (AvgIpc) is 2.73. The molecule has 0 fully saturated rings. The molecule has 3 aromatic rings. The predicted molar refractivity (Wildman–Crippen MR) is 84.3 cm³/mol. The van der Waals surface area contributed by atoms with Gasteiger partial charge in [-0.25, -0.2) is 4.98 Å². The zero-order valence-electron chi connectivity index (χ0n) is 11.7. The molecule has 20 heavy (non-hydrogen) atoms. The number of nitrogens with two attached hydrogens (primary N) is 1. The number of hydrogen-bond donors (Lipinski definition) is 1. The van der Waals surface area contributed by atoms with Crippen LogP contribution in [0.5, 0.6) is 0 Å². The third-order valence-corrected chi connectivity index (χ3v) is 3.91. The highest BCUT2D eigenvalue weighted by molar-refractivity contribution is 6.30. The molecule has 0 spiro atoms. The summed E-state index contributed by atoms with van der Waals surface area (Å²) in [4.78, 5) is 4.69. The van der Waals surface area contributed by atoms with E-state index in [4.69, 9.17) is 17.3 Å². The first-order chi connectivity index (χ1) is 9.49. The molecule has 0 saturated carbocycles. The summed E-state index contributed by atoms with van der Waals surface area (Å²) in [5, 5.41) is 0.621. The number of benzene rings is 1. The van der Waals surface area contributed by atoms with Crippen molar-refractivity contribution >= 4 is 22.9 Å². The minimum Gasteiger partial charge on any atom is -0.396 e. The lowest BCUT2D eigenvalue weighted by Crippen LogP contribution is -1.94. The van der Waals surface area contributed by atoms with E-state index in [1.165, 1.54) is 11.1 Å². The Labute approximate surface area is 123 Å². The van der Waals surface area contributed by atoms with Crippen LogP contribution in [0.1, 0.15) is 16.8 Å². The van der Waals surface area contributed by atoms with Gasteiger partial charge in [-0.1, -0.05) is 35.4 Å². The molecule has 2 aromatic heterocycles. The third kappa shape index (κ3) is 1.86. The number of fused-ring (bicyclic) bond motifs is 1. The summed E-state index contributed by atoms with van der Waals surface area (Å²) in [6.07, 6.45) is 0. The minimum absolute atomic E-state index is 0.621. The molecule has 0 atom stereocenters. The number of anilines is 1. The normalized spacial score (nSPS) is 11.2. The Hall–Kier alpha value is -2.00. The highest BCUT2D eigenvalue weighted by Crippen LogP contribution is 2.31. The molecule has 3 nitrogen and oxygen atoms in total. The van der Waals surface area contributed by atoms with Gasteiger partial charge in [-0.2, -0.15) is 0 Å². The zero-order valence-corrected chi connectivity index (χ0v) is 12.5. The van der Waals surface area contributed by atoms with Gasteiger partial charge in [-0.05, 0) is 38.5 Å². The maximum absolute atomic E-state index is 6.27.